The van der Waals surface area contributed by atoms with Crippen molar-refractivity contribution in [2.24, 2.45) is 0 Å². The van der Waals surface area contributed by atoms with Crippen LogP contribution in [0.15, 0.2) is 35.1 Å². The summed E-state index contributed by atoms with van der Waals surface area (Å²) in [6.45, 7) is 0.469. The molecule has 0 fully saturated rings. The molecule has 7 heteroatoms. The van der Waals surface area contributed by atoms with E-state index >= 15 is 0 Å². The summed E-state index contributed by atoms with van der Waals surface area (Å²) in [5.41, 5.74) is 1.78. The van der Waals surface area contributed by atoms with Gasteiger partial charge in [0.1, 0.15) is 17.2 Å². The Bertz CT molecular complexity index is 1070. The molecule has 1 aliphatic rings. The smallest absolute Gasteiger partial charge is 0.263 e. The Morgan fingerprint density at radius 3 is 2.71 bits per heavy atom. The van der Waals surface area contributed by atoms with E-state index in [1.807, 2.05) is 49.3 Å². The zero-order valence-electron chi connectivity index (χ0n) is 16.2. The Morgan fingerprint density at radius 2 is 1.96 bits per heavy atom. The van der Waals surface area contributed by atoms with Crippen molar-refractivity contribution in [3.63, 3.8) is 0 Å². The van der Waals surface area contributed by atoms with E-state index in [-0.39, 0.29) is 18.0 Å². The maximum atomic E-state index is 13.4. The second kappa shape index (κ2) is 7.85. The SMILES string of the molecule is CN(C)Cc1nc2sc3c(c2c(=O)n1CC(=O)Nc1ccccc1)CCCC3. The Morgan fingerprint density at radius 1 is 1.21 bits per heavy atom. The Balaban J connectivity index is 1.75. The minimum absolute atomic E-state index is 0.0372. The van der Waals surface area contributed by atoms with E-state index in [1.54, 1.807) is 15.9 Å². The first-order chi connectivity index (χ1) is 13.5. The number of nitrogens with one attached hydrogen (secondary N) is 1. The number of carbonyl (C=O) groups is 1. The van der Waals surface area contributed by atoms with Gasteiger partial charge in [0, 0.05) is 10.6 Å². The summed E-state index contributed by atoms with van der Waals surface area (Å²) >= 11 is 1.64. The van der Waals surface area contributed by atoms with Gasteiger partial charge in [0.15, 0.2) is 0 Å². The summed E-state index contributed by atoms with van der Waals surface area (Å²) < 4.78 is 1.54. The van der Waals surface area contributed by atoms with Crippen molar-refractivity contribution in [3.05, 3.63) is 57.0 Å². The molecule has 0 saturated heterocycles. The summed E-state index contributed by atoms with van der Waals surface area (Å²) in [6.07, 6.45) is 4.22. The van der Waals surface area contributed by atoms with Crippen LogP contribution in [0.2, 0.25) is 0 Å². The topological polar surface area (TPSA) is 67.2 Å². The van der Waals surface area contributed by atoms with Gasteiger partial charge in [-0.25, -0.2) is 4.98 Å². The molecule has 0 unspecified atom stereocenters. The molecule has 2 heterocycles. The molecule has 4 rings (SSSR count). The van der Waals surface area contributed by atoms with E-state index in [0.29, 0.717) is 12.4 Å². The highest BCUT2D eigenvalue weighted by Gasteiger charge is 2.23. The first-order valence-corrected chi connectivity index (χ1v) is 10.4. The third kappa shape index (κ3) is 3.72. The van der Waals surface area contributed by atoms with Crippen LogP contribution >= 0.6 is 11.3 Å². The first kappa shape index (κ1) is 18.8. The average molecular weight is 397 g/mol. The van der Waals surface area contributed by atoms with Crippen LogP contribution < -0.4 is 10.9 Å². The van der Waals surface area contributed by atoms with Crippen molar-refractivity contribution in [2.45, 2.75) is 38.8 Å². The number of benzene rings is 1. The van der Waals surface area contributed by atoms with Gasteiger partial charge in [-0.05, 0) is 57.5 Å². The summed E-state index contributed by atoms with van der Waals surface area (Å²) in [6, 6.07) is 9.29. The van der Waals surface area contributed by atoms with Crippen molar-refractivity contribution in [2.75, 3.05) is 19.4 Å². The molecule has 0 radical (unpaired) electrons. The van der Waals surface area contributed by atoms with Crippen LogP contribution in [-0.4, -0.2) is 34.5 Å². The summed E-state index contributed by atoms with van der Waals surface area (Å²) in [5, 5.41) is 3.58. The number of aryl methyl sites for hydroxylation is 2. The maximum Gasteiger partial charge on any atom is 0.263 e. The average Bonchev–Trinajstić information content (AvgIpc) is 3.03. The zero-order chi connectivity index (χ0) is 19.7. The van der Waals surface area contributed by atoms with Crippen molar-refractivity contribution >= 4 is 33.1 Å². The third-order valence-electron chi connectivity index (χ3n) is 4.97. The molecule has 1 amide bonds. The summed E-state index contributed by atoms with van der Waals surface area (Å²) in [7, 11) is 3.87. The fourth-order valence-corrected chi connectivity index (χ4v) is 4.98. The first-order valence-electron chi connectivity index (χ1n) is 9.56. The van der Waals surface area contributed by atoms with E-state index in [4.69, 9.17) is 4.98 Å². The van der Waals surface area contributed by atoms with Crippen LogP contribution in [0.25, 0.3) is 10.2 Å². The van der Waals surface area contributed by atoms with Crippen LogP contribution in [0.1, 0.15) is 29.1 Å². The van der Waals surface area contributed by atoms with Crippen LogP contribution in [0.4, 0.5) is 5.69 Å². The number of aromatic nitrogens is 2. The molecule has 0 bridgehead atoms. The molecular weight excluding hydrogens is 372 g/mol. The van der Waals surface area contributed by atoms with Gasteiger partial charge in [-0.3, -0.25) is 14.2 Å². The molecule has 146 valence electrons. The van der Waals surface area contributed by atoms with Gasteiger partial charge < -0.3 is 10.2 Å². The number of thiophene rings is 1. The number of anilines is 1. The lowest BCUT2D eigenvalue weighted by Crippen LogP contribution is -2.33. The molecule has 6 nitrogen and oxygen atoms in total. The van der Waals surface area contributed by atoms with E-state index < -0.39 is 0 Å². The minimum Gasteiger partial charge on any atom is -0.325 e. The van der Waals surface area contributed by atoms with Crippen molar-refractivity contribution in [1.29, 1.82) is 0 Å². The predicted molar refractivity (Wildman–Crippen MR) is 113 cm³/mol. The maximum absolute atomic E-state index is 13.4. The Labute approximate surface area is 167 Å². The summed E-state index contributed by atoms with van der Waals surface area (Å²) in [4.78, 5) is 34.9. The third-order valence-corrected chi connectivity index (χ3v) is 6.16. The van der Waals surface area contributed by atoms with Crippen LogP contribution in [0, 0.1) is 0 Å². The van der Waals surface area contributed by atoms with E-state index in [1.165, 1.54) is 4.88 Å². The highest BCUT2D eigenvalue weighted by molar-refractivity contribution is 7.18. The molecule has 1 aliphatic carbocycles. The molecule has 0 saturated carbocycles. The van der Waals surface area contributed by atoms with Crippen molar-refractivity contribution in [3.8, 4) is 0 Å². The summed E-state index contributed by atoms with van der Waals surface area (Å²) in [5.74, 6) is 0.405. The largest absolute Gasteiger partial charge is 0.325 e. The number of amides is 1. The quantitative estimate of drug-likeness (QED) is 0.720. The molecule has 3 aromatic rings. The standard InChI is InChI=1S/C21H24N4O2S/c1-24(2)12-17-23-20-19(15-10-6-7-11-16(15)28-20)21(27)25(17)13-18(26)22-14-8-4-3-5-9-14/h3-5,8-9H,6-7,10-13H2,1-2H3,(H,22,26). The van der Waals surface area contributed by atoms with Gasteiger partial charge >= 0.3 is 0 Å². The number of nitrogens with zero attached hydrogens (tertiary/aromatic N) is 3. The predicted octanol–water partition coefficient (Wildman–Crippen LogP) is 3.04. The van der Waals surface area contributed by atoms with Crippen LogP contribution in [0.3, 0.4) is 0 Å². The highest BCUT2D eigenvalue weighted by atomic mass is 32.1. The van der Waals surface area contributed by atoms with E-state index in [2.05, 4.69) is 5.32 Å². The van der Waals surface area contributed by atoms with Gasteiger partial charge in [0.05, 0.1) is 11.9 Å². The number of para-hydroxylation sites is 1. The molecule has 1 aromatic carbocycles. The van der Waals surface area contributed by atoms with Gasteiger partial charge in [0.2, 0.25) is 5.91 Å². The fourth-order valence-electron chi connectivity index (χ4n) is 3.71. The second-order valence-electron chi connectivity index (χ2n) is 7.46. The highest BCUT2D eigenvalue weighted by Crippen LogP contribution is 2.33. The number of fused-ring (bicyclic) bond motifs is 3. The molecule has 0 aliphatic heterocycles. The molecule has 1 N–H and O–H groups in total. The number of hydrogen-bond donors (Lipinski definition) is 1. The number of carbonyl (C=O) groups excluding carboxylic acids is 1. The molecule has 0 spiro atoms. The van der Waals surface area contributed by atoms with Gasteiger partial charge in [-0.1, -0.05) is 18.2 Å². The lowest BCUT2D eigenvalue weighted by atomic mass is 9.97. The van der Waals surface area contributed by atoms with E-state index in [0.717, 1.165) is 47.2 Å². The minimum atomic E-state index is -0.224. The van der Waals surface area contributed by atoms with Crippen molar-refractivity contribution < 1.29 is 4.79 Å². The van der Waals surface area contributed by atoms with E-state index in [9.17, 15) is 9.59 Å². The Hall–Kier alpha value is -2.51. The number of hydrogen-bond acceptors (Lipinski definition) is 5. The molecular formula is C21H24N4O2S. The monoisotopic (exact) mass is 396 g/mol. The Kier molecular flexibility index (Phi) is 5.28. The van der Waals surface area contributed by atoms with Gasteiger partial charge in [-0.2, -0.15) is 0 Å². The van der Waals surface area contributed by atoms with Gasteiger partial charge in [-0.15, -0.1) is 11.3 Å². The van der Waals surface area contributed by atoms with Crippen molar-refractivity contribution in [1.82, 2.24) is 14.5 Å². The fraction of sp³-hybridized carbons (Fsp3) is 0.381. The molecule has 28 heavy (non-hydrogen) atoms. The lowest BCUT2D eigenvalue weighted by Gasteiger charge is -2.16. The van der Waals surface area contributed by atoms with Crippen LogP contribution in [0.5, 0.6) is 0 Å². The normalized spacial score (nSPS) is 13.7. The molecule has 2 aromatic heterocycles. The number of rotatable bonds is 5. The lowest BCUT2D eigenvalue weighted by molar-refractivity contribution is -0.116. The second-order valence-corrected chi connectivity index (χ2v) is 8.55. The molecule has 0 atom stereocenters. The zero-order valence-corrected chi connectivity index (χ0v) is 17.0. The van der Waals surface area contributed by atoms with Crippen LogP contribution in [-0.2, 0) is 30.7 Å². The van der Waals surface area contributed by atoms with Gasteiger partial charge in [0.25, 0.3) is 5.56 Å².